The molecule has 1 aromatic heterocycles. The molecule has 0 aliphatic heterocycles. The molecule has 2 aromatic carbocycles. The number of esters is 1. The number of sulfonamides is 1. The van der Waals surface area contributed by atoms with Gasteiger partial charge in [0.1, 0.15) is 6.54 Å². The van der Waals surface area contributed by atoms with Gasteiger partial charge in [0.05, 0.1) is 21.7 Å². The fourth-order valence-electron chi connectivity index (χ4n) is 3.25. The second-order valence-corrected chi connectivity index (χ2v) is 11.1. The summed E-state index contributed by atoms with van der Waals surface area (Å²) in [5.74, 6) is -1.01. The number of aromatic nitrogens is 1. The van der Waals surface area contributed by atoms with Crippen LogP contribution in [0.25, 0.3) is 10.2 Å². The number of thiazole rings is 1. The summed E-state index contributed by atoms with van der Waals surface area (Å²) in [7, 11) is -3.78. The largest absolute Gasteiger partial charge is 0.465 e. The van der Waals surface area contributed by atoms with E-state index in [1.807, 2.05) is 18.2 Å². The van der Waals surface area contributed by atoms with E-state index in [0.717, 1.165) is 14.7 Å². The topological polar surface area (TPSA) is 98.0 Å². The van der Waals surface area contributed by atoms with E-state index < -0.39 is 21.9 Å². The summed E-state index contributed by atoms with van der Waals surface area (Å²) in [6, 6.07) is 11.1. The third-order valence-corrected chi connectivity index (χ3v) is 8.22. The Morgan fingerprint density at radius 1 is 1.14 bits per heavy atom. The van der Waals surface area contributed by atoms with Crippen LogP contribution in [-0.2, 0) is 26.1 Å². The van der Waals surface area contributed by atoms with Crippen molar-refractivity contribution in [3.8, 4) is 0 Å². The second kappa shape index (κ2) is 11.7. The van der Waals surface area contributed by atoms with Crippen molar-refractivity contribution >= 4 is 59.4 Å². The van der Waals surface area contributed by atoms with Crippen LogP contribution in [0.5, 0.6) is 0 Å². The first-order chi connectivity index (χ1) is 16.7. The summed E-state index contributed by atoms with van der Waals surface area (Å²) in [5, 5.41) is 0. The first-order valence-electron chi connectivity index (χ1n) is 10.6. The van der Waals surface area contributed by atoms with Crippen molar-refractivity contribution in [2.24, 2.45) is 4.99 Å². The standard InChI is InChI=1S/C24H24BrN3O5S2/c1-4-13-27(14-5-2)35(31,32)19-10-7-17(8-11-19)23(30)26-24-28(16-22(29)33-6-3)20-12-9-18(25)15-21(20)34-24/h4-5,7-12,15H,1-2,6,13-14,16H2,3H3. The number of fused-ring (bicyclic) bond motifs is 1. The van der Waals surface area contributed by atoms with E-state index in [-0.39, 0.29) is 36.7 Å². The van der Waals surface area contributed by atoms with Crippen LogP contribution in [0.2, 0.25) is 0 Å². The Balaban J connectivity index is 1.98. The van der Waals surface area contributed by atoms with Gasteiger partial charge in [-0.15, -0.1) is 13.2 Å². The average Bonchev–Trinajstić information content (AvgIpc) is 3.14. The van der Waals surface area contributed by atoms with E-state index in [2.05, 4.69) is 34.1 Å². The maximum atomic E-state index is 12.9. The number of rotatable bonds is 10. The molecule has 0 radical (unpaired) electrons. The summed E-state index contributed by atoms with van der Waals surface area (Å²) in [6.45, 7) is 9.31. The lowest BCUT2D eigenvalue weighted by atomic mass is 10.2. The Hall–Kier alpha value is -2.86. The number of halogens is 1. The smallest absolute Gasteiger partial charge is 0.326 e. The third kappa shape index (κ3) is 6.23. The van der Waals surface area contributed by atoms with Gasteiger partial charge in [-0.2, -0.15) is 9.30 Å². The molecule has 0 saturated heterocycles. The molecule has 0 unspecified atom stereocenters. The van der Waals surface area contributed by atoms with Crippen molar-refractivity contribution in [3.63, 3.8) is 0 Å². The van der Waals surface area contributed by atoms with Gasteiger partial charge in [-0.05, 0) is 49.4 Å². The van der Waals surface area contributed by atoms with Gasteiger partial charge >= 0.3 is 5.97 Å². The number of carbonyl (C=O) groups excluding carboxylic acids is 2. The van der Waals surface area contributed by atoms with Gasteiger partial charge in [-0.1, -0.05) is 39.4 Å². The number of hydrogen-bond acceptors (Lipinski definition) is 6. The molecule has 0 spiro atoms. The molecule has 0 N–H and O–H groups in total. The molecule has 8 nitrogen and oxygen atoms in total. The molecule has 35 heavy (non-hydrogen) atoms. The van der Waals surface area contributed by atoms with E-state index in [1.165, 1.54) is 52.1 Å². The van der Waals surface area contributed by atoms with Crippen molar-refractivity contribution in [1.82, 2.24) is 8.87 Å². The molecule has 1 heterocycles. The number of amides is 1. The van der Waals surface area contributed by atoms with Gasteiger partial charge in [0, 0.05) is 23.1 Å². The van der Waals surface area contributed by atoms with E-state index in [0.29, 0.717) is 4.80 Å². The molecule has 184 valence electrons. The third-order valence-electron chi connectivity index (χ3n) is 4.84. The maximum Gasteiger partial charge on any atom is 0.326 e. The van der Waals surface area contributed by atoms with Crippen molar-refractivity contribution < 1.29 is 22.7 Å². The first kappa shape index (κ1) is 26.7. The SMILES string of the molecule is C=CCN(CC=C)S(=O)(=O)c1ccc(C(=O)N=c2sc3cc(Br)ccc3n2CC(=O)OCC)cc1. The Morgan fingerprint density at radius 3 is 2.40 bits per heavy atom. The fourth-order valence-corrected chi connectivity index (χ4v) is 6.21. The van der Waals surface area contributed by atoms with Crippen LogP contribution in [0, 0.1) is 0 Å². The maximum absolute atomic E-state index is 12.9. The molecular formula is C24H24BrN3O5S2. The van der Waals surface area contributed by atoms with Crippen molar-refractivity contribution in [1.29, 1.82) is 0 Å². The molecule has 0 aliphatic rings. The lowest BCUT2D eigenvalue weighted by Crippen LogP contribution is -2.31. The zero-order valence-corrected chi connectivity index (χ0v) is 22.2. The van der Waals surface area contributed by atoms with Crippen LogP contribution >= 0.6 is 27.3 Å². The van der Waals surface area contributed by atoms with E-state index >= 15 is 0 Å². The summed E-state index contributed by atoms with van der Waals surface area (Å²) < 4.78 is 35.4. The number of ether oxygens (including phenoxy) is 1. The summed E-state index contributed by atoms with van der Waals surface area (Å²) in [4.78, 5) is 29.7. The van der Waals surface area contributed by atoms with Gasteiger partial charge < -0.3 is 9.30 Å². The van der Waals surface area contributed by atoms with Gasteiger partial charge in [-0.25, -0.2) is 8.42 Å². The Bertz CT molecular complexity index is 1430. The fraction of sp³-hybridized carbons (Fsp3) is 0.208. The molecule has 0 fully saturated rings. The van der Waals surface area contributed by atoms with Gasteiger partial charge in [-0.3, -0.25) is 9.59 Å². The number of benzene rings is 2. The normalized spacial score (nSPS) is 12.1. The minimum Gasteiger partial charge on any atom is -0.465 e. The molecular weight excluding hydrogens is 554 g/mol. The summed E-state index contributed by atoms with van der Waals surface area (Å²) in [5.41, 5.74) is 0.952. The summed E-state index contributed by atoms with van der Waals surface area (Å²) >= 11 is 4.69. The second-order valence-electron chi connectivity index (χ2n) is 7.23. The van der Waals surface area contributed by atoms with Crippen LogP contribution in [0.4, 0.5) is 0 Å². The van der Waals surface area contributed by atoms with Crippen molar-refractivity contribution in [2.75, 3.05) is 19.7 Å². The predicted molar refractivity (Wildman–Crippen MR) is 140 cm³/mol. The van der Waals surface area contributed by atoms with Crippen molar-refractivity contribution in [2.45, 2.75) is 18.4 Å². The molecule has 3 aromatic rings. The number of hydrogen-bond donors (Lipinski definition) is 0. The quantitative estimate of drug-likeness (QED) is 0.266. The Morgan fingerprint density at radius 2 is 1.80 bits per heavy atom. The minimum atomic E-state index is -3.78. The molecule has 0 bridgehead atoms. The van der Waals surface area contributed by atoms with E-state index in [4.69, 9.17) is 4.74 Å². The zero-order chi connectivity index (χ0) is 25.6. The monoisotopic (exact) mass is 577 g/mol. The van der Waals surface area contributed by atoms with Gasteiger partial charge in [0.25, 0.3) is 5.91 Å². The highest BCUT2D eigenvalue weighted by Crippen LogP contribution is 2.23. The van der Waals surface area contributed by atoms with Gasteiger partial charge in [0.2, 0.25) is 10.0 Å². The summed E-state index contributed by atoms with van der Waals surface area (Å²) in [6.07, 6.45) is 2.99. The highest BCUT2D eigenvalue weighted by atomic mass is 79.9. The first-order valence-corrected chi connectivity index (χ1v) is 13.6. The Kier molecular flexibility index (Phi) is 8.95. The molecule has 3 rings (SSSR count). The van der Waals surface area contributed by atoms with E-state index in [9.17, 15) is 18.0 Å². The Labute approximate surface area is 216 Å². The number of nitrogens with zero attached hydrogens (tertiary/aromatic N) is 3. The highest BCUT2D eigenvalue weighted by molar-refractivity contribution is 9.10. The van der Waals surface area contributed by atoms with Crippen molar-refractivity contribution in [3.05, 3.63) is 82.6 Å². The van der Waals surface area contributed by atoms with E-state index in [1.54, 1.807) is 11.5 Å². The number of carbonyl (C=O) groups is 2. The average molecular weight is 579 g/mol. The zero-order valence-electron chi connectivity index (χ0n) is 19.0. The molecule has 0 aliphatic carbocycles. The van der Waals surface area contributed by atoms with Crippen LogP contribution in [0.15, 0.2) is 82.1 Å². The predicted octanol–water partition coefficient (Wildman–Crippen LogP) is 4.13. The molecule has 0 atom stereocenters. The lowest BCUT2D eigenvalue weighted by Gasteiger charge is -2.19. The molecule has 0 saturated carbocycles. The van der Waals surface area contributed by atoms with Crippen LogP contribution in [0.1, 0.15) is 17.3 Å². The molecule has 11 heteroatoms. The lowest BCUT2D eigenvalue weighted by molar-refractivity contribution is -0.143. The van der Waals surface area contributed by atoms with Gasteiger partial charge in [0.15, 0.2) is 4.80 Å². The van der Waals surface area contributed by atoms with Crippen LogP contribution in [-0.4, -0.2) is 48.9 Å². The van der Waals surface area contributed by atoms with Crippen LogP contribution in [0.3, 0.4) is 0 Å². The minimum absolute atomic E-state index is 0.0434. The highest BCUT2D eigenvalue weighted by Gasteiger charge is 2.22. The van der Waals surface area contributed by atoms with Crippen LogP contribution < -0.4 is 4.80 Å². The molecule has 1 amide bonds.